The van der Waals surface area contributed by atoms with Gasteiger partial charge in [0.1, 0.15) is 6.04 Å². The summed E-state index contributed by atoms with van der Waals surface area (Å²) in [5.74, 6) is 5.64. The van der Waals surface area contributed by atoms with Crippen molar-refractivity contribution in [2.24, 2.45) is 12.9 Å². The van der Waals surface area contributed by atoms with E-state index in [1.807, 2.05) is 17.8 Å². The Bertz CT molecular complexity index is 537. The Labute approximate surface area is 116 Å². The number of nitrogens with zero attached hydrogens (tertiary/aromatic N) is 4. The minimum Gasteiger partial charge on any atom is -0.383 e. The van der Waals surface area contributed by atoms with E-state index in [0.29, 0.717) is 18.2 Å². The molecule has 0 aliphatic carbocycles. The fraction of sp³-hybridized carbons (Fsp3) is 0.455. The van der Waals surface area contributed by atoms with Crippen LogP contribution in [0.3, 0.4) is 0 Å². The van der Waals surface area contributed by atoms with E-state index in [2.05, 4.69) is 15.5 Å². The number of ether oxygens (including phenoxy) is 1. The fourth-order valence-electron chi connectivity index (χ4n) is 1.90. The van der Waals surface area contributed by atoms with E-state index in [1.54, 1.807) is 24.3 Å². The normalized spacial score (nSPS) is 12.8. The summed E-state index contributed by atoms with van der Waals surface area (Å²) in [6.07, 6.45) is 5.19. The lowest BCUT2D eigenvalue weighted by Crippen LogP contribution is -2.31. The lowest BCUT2D eigenvalue weighted by Gasteiger charge is -2.16. The molecule has 8 heteroatoms. The van der Waals surface area contributed by atoms with Gasteiger partial charge in [0.05, 0.1) is 42.1 Å². The Kier molecular flexibility index (Phi) is 4.54. The molecule has 1 unspecified atom stereocenters. The molecule has 2 rings (SSSR count). The second-order valence-electron chi connectivity index (χ2n) is 4.16. The second kappa shape index (κ2) is 6.16. The maximum absolute atomic E-state index is 6.20. The second-order valence-corrected chi connectivity index (χ2v) is 4.56. The molecule has 2 aromatic heterocycles. The van der Waals surface area contributed by atoms with Gasteiger partial charge in [0, 0.05) is 20.4 Å². The van der Waals surface area contributed by atoms with Crippen LogP contribution in [0.15, 0.2) is 18.7 Å². The molecule has 7 nitrogen and oxygen atoms in total. The minimum absolute atomic E-state index is 0.312. The first-order chi connectivity index (χ1) is 9.17. The molecular weight excluding hydrogens is 268 g/mol. The Hall–Kier alpha value is -1.41. The van der Waals surface area contributed by atoms with Crippen LogP contribution in [-0.2, 0) is 18.3 Å². The van der Waals surface area contributed by atoms with E-state index in [9.17, 15) is 0 Å². The van der Waals surface area contributed by atoms with Crippen molar-refractivity contribution in [2.75, 3.05) is 13.7 Å². The number of nitrogens with one attached hydrogen (secondary N) is 1. The van der Waals surface area contributed by atoms with Crippen molar-refractivity contribution < 1.29 is 4.74 Å². The Morgan fingerprint density at radius 3 is 2.95 bits per heavy atom. The average molecular weight is 285 g/mol. The predicted molar refractivity (Wildman–Crippen MR) is 71.5 cm³/mol. The van der Waals surface area contributed by atoms with Crippen molar-refractivity contribution in [1.29, 1.82) is 0 Å². The smallest absolute Gasteiger partial charge is 0.108 e. The molecule has 0 fully saturated rings. The number of methoxy groups -OCH3 is 1. The van der Waals surface area contributed by atoms with Crippen molar-refractivity contribution in [1.82, 2.24) is 24.8 Å². The third kappa shape index (κ3) is 2.95. The van der Waals surface area contributed by atoms with Crippen LogP contribution in [0.2, 0.25) is 5.02 Å². The lowest BCUT2D eigenvalue weighted by atomic mass is 10.1. The van der Waals surface area contributed by atoms with Gasteiger partial charge in [-0.25, -0.2) is 10.4 Å². The van der Waals surface area contributed by atoms with Gasteiger partial charge in [-0.1, -0.05) is 11.6 Å². The topological polar surface area (TPSA) is 82.9 Å². The van der Waals surface area contributed by atoms with Gasteiger partial charge < -0.3 is 9.30 Å². The summed E-state index contributed by atoms with van der Waals surface area (Å²) < 4.78 is 8.68. The van der Waals surface area contributed by atoms with Gasteiger partial charge in [-0.05, 0) is 0 Å². The molecular formula is C11H17ClN6O. The van der Waals surface area contributed by atoms with Crippen LogP contribution in [0.1, 0.15) is 17.4 Å². The van der Waals surface area contributed by atoms with E-state index in [1.165, 1.54) is 0 Å². The molecule has 3 N–H and O–H groups in total. The van der Waals surface area contributed by atoms with Crippen molar-refractivity contribution in [2.45, 2.75) is 12.6 Å². The third-order valence-corrected chi connectivity index (χ3v) is 3.09. The standard InChI is InChI=1S/C11H17ClN6O/c1-17-6-9(14-7-17)10(16-13)11-8(12)5-15-18(11)3-4-19-2/h5-7,10,16H,3-4,13H2,1-2H3. The van der Waals surface area contributed by atoms with Crippen LogP contribution in [-0.4, -0.2) is 33.0 Å². The number of hydrazine groups is 1. The van der Waals surface area contributed by atoms with Crippen LogP contribution in [0.4, 0.5) is 0 Å². The number of aromatic nitrogens is 4. The van der Waals surface area contributed by atoms with Crippen LogP contribution in [0.25, 0.3) is 0 Å². The third-order valence-electron chi connectivity index (χ3n) is 2.80. The molecule has 0 amide bonds. The predicted octanol–water partition coefficient (Wildman–Crippen LogP) is 0.469. The van der Waals surface area contributed by atoms with E-state index >= 15 is 0 Å². The Morgan fingerprint density at radius 1 is 1.58 bits per heavy atom. The van der Waals surface area contributed by atoms with E-state index in [0.717, 1.165) is 11.4 Å². The zero-order chi connectivity index (χ0) is 13.8. The monoisotopic (exact) mass is 284 g/mol. The molecule has 0 spiro atoms. The van der Waals surface area contributed by atoms with Gasteiger partial charge in [0.15, 0.2) is 0 Å². The molecule has 1 atom stereocenters. The van der Waals surface area contributed by atoms with Gasteiger partial charge in [0.25, 0.3) is 0 Å². The quantitative estimate of drug-likeness (QED) is 0.595. The van der Waals surface area contributed by atoms with Gasteiger partial charge in [-0.3, -0.25) is 10.5 Å². The van der Waals surface area contributed by atoms with Gasteiger partial charge in [0.2, 0.25) is 0 Å². The number of hydrogen-bond donors (Lipinski definition) is 2. The van der Waals surface area contributed by atoms with Crippen LogP contribution in [0.5, 0.6) is 0 Å². The summed E-state index contributed by atoms with van der Waals surface area (Å²) in [4.78, 5) is 4.29. The van der Waals surface area contributed by atoms with Crippen LogP contribution < -0.4 is 11.3 Å². The summed E-state index contributed by atoms with van der Waals surface area (Å²) in [6.45, 7) is 1.15. The molecule has 0 saturated heterocycles. The lowest BCUT2D eigenvalue weighted by molar-refractivity contribution is 0.182. The largest absolute Gasteiger partial charge is 0.383 e. The average Bonchev–Trinajstić information content (AvgIpc) is 2.97. The van der Waals surface area contributed by atoms with E-state index in [4.69, 9.17) is 22.2 Å². The number of nitrogens with two attached hydrogens (primary N) is 1. The van der Waals surface area contributed by atoms with Gasteiger partial charge in [-0.15, -0.1) is 0 Å². The number of aryl methyl sites for hydroxylation is 1. The number of imidazole rings is 1. The molecule has 0 aliphatic rings. The van der Waals surface area contributed by atoms with Gasteiger partial charge >= 0.3 is 0 Å². The Morgan fingerprint density at radius 2 is 2.37 bits per heavy atom. The first kappa shape index (κ1) is 14.0. The maximum Gasteiger partial charge on any atom is 0.108 e. The summed E-state index contributed by atoms with van der Waals surface area (Å²) >= 11 is 6.20. The first-order valence-electron chi connectivity index (χ1n) is 5.81. The molecule has 0 bridgehead atoms. The van der Waals surface area contributed by atoms with Crippen molar-refractivity contribution >= 4 is 11.6 Å². The maximum atomic E-state index is 6.20. The highest BCUT2D eigenvalue weighted by Crippen LogP contribution is 2.26. The molecule has 0 saturated carbocycles. The molecule has 2 heterocycles. The molecule has 0 aliphatic heterocycles. The van der Waals surface area contributed by atoms with Crippen LogP contribution >= 0.6 is 11.6 Å². The van der Waals surface area contributed by atoms with Gasteiger partial charge in [-0.2, -0.15) is 5.10 Å². The number of rotatable bonds is 6. The van der Waals surface area contributed by atoms with Crippen molar-refractivity contribution in [3.8, 4) is 0 Å². The van der Waals surface area contributed by atoms with Crippen molar-refractivity contribution in [3.63, 3.8) is 0 Å². The zero-order valence-electron chi connectivity index (χ0n) is 10.9. The van der Waals surface area contributed by atoms with Crippen LogP contribution in [0, 0.1) is 0 Å². The fourth-order valence-corrected chi connectivity index (χ4v) is 2.15. The number of hydrogen-bond acceptors (Lipinski definition) is 5. The minimum atomic E-state index is -0.312. The highest BCUT2D eigenvalue weighted by Gasteiger charge is 2.22. The highest BCUT2D eigenvalue weighted by atomic mass is 35.5. The molecule has 0 aromatic carbocycles. The zero-order valence-corrected chi connectivity index (χ0v) is 11.6. The Balaban J connectivity index is 2.34. The SMILES string of the molecule is COCCn1ncc(Cl)c1C(NN)c1cn(C)cn1. The number of halogens is 1. The highest BCUT2D eigenvalue weighted by molar-refractivity contribution is 6.31. The summed E-state index contributed by atoms with van der Waals surface area (Å²) in [7, 11) is 3.54. The van der Waals surface area contributed by atoms with E-state index in [-0.39, 0.29) is 6.04 Å². The summed E-state index contributed by atoms with van der Waals surface area (Å²) in [5, 5.41) is 4.78. The van der Waals surface area contributed by atoms with Crippen molar-refractivity contribution in [3.05, 3.63) is 35.1 Å². The van der Waals surface area contributed by atoms with E-state index < -0.39 is 0 Å². The summed E-state index contributed by atoms with van der Waals surface area (Å²) in [6, 6.07) is -0.312. The molecule has 19 heavy (non-hydrogen) atoms. The molecule has 2 aromatic rings. The molecule has 104 valence electrons. The first-order valence-corrected chi connectivity index (χ1v) is 6.19. The summed E-state index contributed by atoms with van der Waals surface area (Å²) in [5.41, 5.74) is 4.29. The molecule has 0 radical (unpaired) electrons.